The van der Waals surface area contributed by atoms with E-state index >= 15 is 0 Å². The molecule has 2 amide bonds. The number of hydrogen-bond acceptors (Lipinski definition) is 6. The lowest BCUT2D eigenvalue weighted by Gasteiger charge is -2.11. The molecule has 39 heavy (non-hydrogen) atoms. The SMILES string of the molecule is CCOc1ccc(C(=O)Oc2ccc3ccccc3c2/C=N/NC(=O)CNC(=O)c2ccc(Cl)c(Cl)c2)cc1. The van der Waals surface area contributed by atoms with Gasteiger partial charge in [0, 0.05) is 11.1 Å². The number of amides is 2. The molecule has 4 aromatic rings. The van der Waals surface area contributed by atoms with Gasteiger partial charge in [0.25, 0.3) is 11.8 Å². The smallest absolute Gasteiger partial charge is 0.343 e. The van der Waals surface area contributed by atoms with Crippen molar-refractivity contribution >= 4 is 58.0 Å². The van der Waals surface area contributed by atoms with Gasteiger partial charge in [-0.1, -0.05) is 53.5 Å². The maximum Gasteiger partial charge on any atom is 0.343 e. The highest BCUT2D eigenvalue weighted by Gasteiger charge is 2.14. The monoisotopic (exact) mass is 563 g/mol. The number of nitrogens with zero attached hydrogens (tertiary/aromatic N) is 1. The standard InChI is InChI=1S/C29H23Cl2N3O5/c1-2-38-21-11-7-19(8-12-21)29(37)39-26-14-10-18-5-3-4-6-22(18)23(26)16-33-34-27(35)17-32-28(36)20-9-13-24(30)25(31)15-20/h3-16H,2,17H2,1H3,(H,32,36)(H,34,35)/b33-16+. The average molecular weight is 564 g/mol. The minimum atomic E-state index is -0.562. The molecule has 0 aromatic heterocycles. The number of hydrazone groups is 1. The zero-order valence-corrected chi connectivity index (χ0v) is 22.3. The predicted molar refractivity (Wildman–Crippen MR) is 151 cm³/mol. The second-order valence-corrected chi connectivity index (χ2v) is 8.96. The third-order valence-corrected chi connectivity index (χ3v) is 6.25. The Bertz CT molecular complexity index is 1550. The van der Waals surface area contributed by atoms with Crippen molar-refractivity contribution in [3.63, 3.8) is 0 Å². The van der Waals surface area contributed by atoms with Crippen LogP contribution in [-0.4, -0.2) is 37.1 Å². The van der Waals surface area contributed by atoms with Crippen LogP contribution in [0.3, 0.4) is 0 Å². The third kappa shape index (κ3) is 7.13. The Morgan fingerprint density at radius 3 is 2.38 bits per heavy atom. The van der Waals surface area contributed by atoms with E-state index in [9.17, 15) is 14.4 Å². The molecule has 0 bridgehead atoms. The van der Waals surface area contributed by atoms with Crippen molar-refractivity contribution in [2.24, 2.45) is 5.10 Å². The van der Waals surface area contributed by atoms with E-state index in [1.165, 1.54) is 24.4 Å². The fourth-order valence-corrected chi connectivity index (χ4v) is 3.92. The van der Waals surface area contributed by atoms with Crippen molar-refractivity contribution in [1.82, 2.24) is 10.7 Å². The molecule has 4 aromatic carbocycles. The minimum absolute atomic E-state index is 0.229. The maximum atomic E-state index is 12.8. The van der Waals surface area contributed by atoms with Gasteiger partial charge < -0.3 is 14.8 Å². The fourth-order valence-electron chi connectivity index (χ4n) is 3.62. The highest BCUT2D eigenvalue weighted by atomic mass is 35.5. The van der Waals surface area contributed by atoms with Crippen molar-refractivity contribution < 1.29 is 23.9 Å². The Kier molecular flexibility index (Phi) is 9.14. The molecule has 0 unspecified atom stereocenters. The number of carbonyl (C=O) groups excluding carboxylic acids is 3. The van der Waals surface area contributed by atoms with Gasteiger partial charge in [-0.2, -0.15) is 5.10 Å². The quantitative estimate of drug-likeness (QED) is 0.118. The summed E-state index contributed by atoms with van der Waals surface area (Å²) >= 11 is 11.8. The second kappa shape index (κ2) is 12.9. The summed E-state index contributed by atoms with van der Waals surface area (Å²) in [6, 6.07) is 22.0. The summed E-state index contributed by atoms with van der Waals surface area (Å²) in [5.41, 5.74) is 3.47. The molecule has 10 heteroatoms. The average Bonchev–Trinajstić information content (AvgIpc) is 2.94. The first kappa shape index (κ1) is 27.6. The third-order valence-electron chi connectivity index (χ3n) is 5.51. The van der Waals surface area contributed by atoms with Gasteiger partial charge in [0.2, 0.25) is 0 Å². The molecular formula is C29H23Cl2N3O5. The van der Waals surface area contributed by atoms with E-state index in [1.54, 1.807) is 30.3 Å². The van der Waals surface area contributed by atoms with Crippen LogP contribution in [0.15, 0.2) is 84.0 Å². The van der Waals surface area contributed by atoms with E-state index in [-0.39, 0.29) is 22.9 Å². The van der Waals surface area contributed by atoms with Crippen molar-refractivity contribution in [3.8, 4) is 11.5 Å². The van der Waals surface area contributed by atoms with Gasteiger partial charge in [0.05, 0.1) is 35.0 Å². The number of carbonyl (C=O) groups is 3. The molecule has 198 valence electrons. The number of esters is 1. The van der Waals surface area contributed by atoms with Gasteiger partial charge in [-0.15, -0.1) is 0 Å². The molecule has 0 fully saturated rings. The molecule has 0 heterocycles. The number of nitrogens with one attached hydrogen (secondary N) is 2. The van der Waals surface area contributed by atoms with E-state index in [0.717, 1.165) is 10.8 Å². The summed E-state index contributed by atoms with van der Waals surface area (Å²) in [4.78, 5) is 37.4. The van der Waals surface area contributed by atoms with Crippen LogP contribution in [0.2, 0.25) is 10.0 Å². The van der Waals surface area contributed by atoms with E-state index in [0.29, 0.717) is 28.5 Å². The van der Waals surface area contributed by atoms with Gasteiger partial charge in [-0.05, 0) is 66.2 Å². The van der Waals surface area contributed by atoms with Crippen LogP contribution in [-0.2, 0) is 4.79 Å². The van der Waals surface area contributed by atoms with Crippen LogP contribution >= 0.6 is 23.2 Å². The Labute approximate surface area is 234 Å². The summed E-state index contributed by atoms with van der Waals surface area (Å²) in [7, 11) is 0. The summed E-state index contributed by atoms with van der Waals surface area (Å²) in [6.45, 7) is 2.07. The molecule has 0 aliphatic carbocycles. The summed E-state index contributed by atoms with van der Waals surface area (Å²) in [6.07, 6.45) is 1.39. The van der Waals surface area contributed by atoms with Crippen molar-refractivity contribution in [2.75, 3.05) is 13.2 Å². The molecular weight excluding hydrogens is 541 g/mol. The first-order valence-corrected chi connectivity index (χ1v) is 12.6. The molecule has 0 atom stereocenters. The zero-order valence-electron chi connectivity index (χ0n) is 20.7. The fraction of sp³-hybridized carbons (Fsp3) is 0.103. The van der Waals surface area contributed by atoms with Crippen LogP contribution in [0.4, 0.5) is 0 Å². The van der Waals surface area contributed by atoms with Gasteiger partial charge in [-0.25, -0.2) is 10.2 Å². The molecule has 0 radical (unpaired) electrons. The Morgan fingerprint density at radius 2 is 1.64 bits per heavy atom. The minimum Gasteiger partial charge on any atom is -0.494 e. The number of halogens is 2. The molecule has 8 nitrogen and oxygen atoms in total. The van der Waals surface area contributed by atoms with Crippen LogP contribution < -0.4 is 20.2 Å². The largest absolute Gasteiger partial charge is 0.494 e. The Balaban J connectivity index is 1.45. The predicted octanol–water partition coefficient (Wildman–Crippen LogP) is 5.64. The van der Waals surface area contributed by atoms with Gasteiger partial charge in [0.1, 0.15) is 11.5 Å². The summed E-state index contributed by atoms with van der Waals surface area (Å²) < 4.78 is 11.1. The normalized spacial score (nSPS) is 10.8. The van der Waals surface area contributed by atoms with E-state index in [2.05, 4.69) is 15.8 Å². The van der Waals surface area contributed by atoms with Gasteiger partial charge in [-0.3, -0.25) is 9.59 Å². The molecule has 0 aliphatic heterocycles. The first-order valence-electron chi connectivity index (χ1n) is 11.9. The number of fused-ring (bicyclic) bond motifs is 1. The lowest BCUT2D eigenvalue weighted by molar-refractivity contribution is -0.120. The lowest BCUT2D eigenvalue weighted by Crippen LogP contribution is -2.34. The van der Waals surface area contributed by atoms with E-state index < -0.39 is 17.8 Å². The topological polar surface area (TPSA) is 106 Å². The maximum absolute atomic E-state index is 12.8. The first-order chi connectivity index (χ1) is 18.9. The number of hydrogen-bond donors (Lipinski definition) is 2. The number of ether oxygens (including phenoxy) is 2. The highest BCUT2D eigenvalue weighted by Crippen LogP contribution is 2.28. The highest BCUT2D eigenvalue weighted by molar-refractivity contribution is 6.42. The number of benzene rings is 4. The molecule has 2 N–H and O–H groups in total. The zero-order chi connectivity index (χ0) is 27.8. The van der Waals surface area contributed by atoms with Crippen LogP contribution in [0.25, 0.3) is 10.8 Å². The Hall–Kier alpha value is -4.40. The van der Waals surface area contributed by atoms with Crippen molar-refractivity contribution in [3.05, 3.63) is 106 Å². The summed E-state index contributed by atoms with van der Waals surface area (Å²) in [5, 5.41) is 8.71. The van der Waals surface area contributed by atoms with Crippen LogP contribution in [0, 0.1) is 0 Å². The lowest BCUT2D eigenvalue weighted by atomic mass is 10.0. The van der Waals surface area contributed by atoms with Crippen LogP contribution in [0.5, 0.6) is 11.5 Å². The Morgan fingerprint density at radius 1 is 0.897 bits per heavy atom. The van der Waals surface area contributed by atoms with Crippen molar-refractivity contribution in [2.45, 2.75) is 6.92 Å². The summed E-state index contributed by atoms with van der Waals surface area (Å²) in [5.74, 6) is -0.704. The molecule has 0 saturated heterocycles. The molecule has 0 aliphatic rings. The van der Waals surface area contributed by atoms with Crippen molar-refractivity contribution in [1.29, 1.82) is 0 Å². The van der Waals surface area contributed by atoms with Gasteiger partial charge in [0.15, 0.2) is 0 Å². The van der Waals surface area contributed by atoms with Gasteiger partial charge >= 0.3 is 5.97 Å². The molecule has 4 rings (SSSR count). The van der Waals surface area contributed by atoms with E-state index in [4.69, 9.17) is 32.7 Å². The molecule has 0 spiro atoms. The van der Waals surface area contributed by atoms with Crippen LogP contribution in [0.1, 0.15) is 33.2 Å². The number of rotatable bonds is 9. The van der Waals surface area contributed by atoms with E-state index in [1.807, 2.05) is 37.3 Å². The second-order valence-electron chi connectivity index (χ2n) is 8.15. The molecule has 0 saturated carbocycles.